The van der Waals surface area contributed by atoms with Gasteiger partial charge in [0.05, 0.1) is 11.6 Å². The number of rotatable bonds is 6. The van der Waals surface area contributed by atoms with Crippen LogP contribution >= 0.6 is 27.5 Å². The van der Waals surface area contributed by atoms with Crippen LogP contribution in [0.25, 0.3) is 0 Å². The van der Waals surface area contributed by atoms with Crippen molar-refractivity contribution >= 4 is 27.5 Å². The zero-order valence-electron chi connectivity index (χ0n) is 10.8. The Morgan fingerprint density at radius 1 is 1.44 bits per heavy atom. The van der Waals surface area contributed by atoms with Crippen LogP contribution in [0.5, 0.6) is 0 Å². The smallest absolute Gasteiger partial charge is 0.146 e. The fourth-order valence-corrected chi connectivity index (χ4v) is 2.21. The van der Waals surface area contributed by atoms with Crippen LogP contribution in [0.15, 0.2) is 16.6 Å². The molecule has 0 heterocycles. The minimum absolute atomic E-state index is 0.0347. The number of benzene rings is 1. The van der Waals surface area contributed by atoms with Crippen LogP contribution in [0.2, 0.25) is 5.02 Å². The maximum atomic E-state index is 14.0. The number of hydrogen-bond acceptors (Lipinski definition) is 2. The molecule has 0 saturated carbocycles. The van der Waals surface area contributed by atoms with Crippen molar-refractivity contribution < 1.29 is 9.13 Å². The van der Waals surface area contributed by atoms with Crippen molar-refractivity contribution in [2.24, 2.45) is 0 Å². The molecule has 1 rings (SSSR count). The van der Waals surface area contributed by atoms with E-state index in [0.717, 1.165) is 6.54 Å². The number of methoxy groups -OCH3 is 1. The lowest BCUT2D eigenvalue weighted by molar-refractivity contribution is 0.195. The maximum absolute atomic E-state index is 14.0. The summed E-state index contributed by atoms with van der Waals surface area (Å²) in [6.07, 6.45) is 0. The third-order valence-electron chi connectivity index (χ3n) is 3.08. The molecule has 0 spiro atoms. The highest BCUT2D eigenvalue weighted by Gasteiger charge is 2.20. The van der Waals surface area contributed by atoms with E-state index in [0.29, 0.717) is 16.6 Å². The van der Waals surface area contributed by atoms with Crippen LogP contribution < -0.4 is 5.32 Å². The van der Waals surface area contributed by atoms with Gasteiger partial charge in [-0.2, -0.15) is 0 Å². The van der Waals surface area contributed by atoms with Crippen LogP contribution in [-0.4, -0.2) is 26.3 Å². The third-order valence-corrected chi connectivity index (χ3v) is 4.34. The molecule has 102 valence electrons. The summed E-state index contributed by atoms with van der Waals surface area (Å²) in [4.78, 5) is 0. The molecule has 0 aliphatic carbocycles. The van der Waals surface area contributed by atoms with E-state index in [9.17, 15) is 4.39 Å². The topological polar surface area (TPSA) is 21.3 Å². The Kier molecular flexibility index (Phi) is 6.57. The third kappa shape index (κ3) is 3.92. The number of halogens is 3. The normalized spacial score (nSPS) is 14.6. The molecule has 18 heavy (non-hydrogen) atoms. The summed E-state index contributed by atoms with van der Waals surface area (Å²) in [5.74, 6) is -0.314. The van der Waals surface area contributed by atoms with Gasteiger partial charge >= 0.3 is 0 Å². The molecule has 0 bridgehead atoms. The van der Waals surface area contributed by atoms with Crippen LogP contribution in [0.1, 0.15) is 25.3 Å². The van der Waals surface area contributed by atoms with Crippen molar-refractivity contribution in [1.82, 2.24) is 5.32 Å². The average Bonchev–Trinajstić information content (AvgIpc) is 2.35. The molecule has 0 aromatic heterocycles. The Bertz CT molecular complexity index is 403. The summed E-state index contributed by atoms with van der Waals surface area (Å²) >= 11 is 9.11. The van der Waals surface area contributed by atoms with E-state index in [4.69, 9.17) is 16.3 Å². The standard InChI is InChI=1S/C13H18BrClFNO/c1-8(9(2)17-6-7-18-3)10-4-5-11(14)12(15)13(10)16/h4-5,8-9,17H,6-7H2,1-3H3. The monoisotopic (exact) mass is 337 g/mol. The average molecular weight is 339 g/mol. The first-order valence-electron chi connectivity index (χ1n) is 5.84. The van der Waals surface area contributed by atoms with Gasteiger partial charge in [0.25, 0.3) is 0 Å². The van der Waals surface area contributed by atoms with Gasteiger partial charge in [-0.1, -0.05) is 24.6 Å². The van der Waals surface area contributed by atoms with Gasteiger partial charge in [0, 0.05) is 24.2 Å². The van der Waals surface area contributed by atoms with E-state index in [2.05, 4.69) is 21.2 Å². The molecule has 0 aliphatic heterocycles. The first-order chi connectivity index (χ1) is 8.49. The molecule has 1 N–H and O–H groups in total. The largest absolute Gasteiger partial charge is 0.383 e. The highest BCUT2D eigenvalue weighted by atomic mass is 79.9. The van der Waals surface area contributed by atoms with Crippen molar-refractivity contribution in [3.05, 3.63) is 33.0 Å². The zero-order valence-corrected chi connectivity index (χ0v) is 13.1. The molecule has 2 atom stereocenters. The first kappa shape index (κ1) is 15.9. The van der Waals surface area contributed by atoms with Crippen molar-refractivity contribution in [1.29, 1.82) is 0 Å². The van der Waals surface area contributed by atoms with E-state index in [1.807, 2.05) is 13.8 Å². The van der Waals surface area contributed by atoms with E-state index >= 15 is 0 Å². The van der Waals surface area contributed by atoms with Gasteiger partial charge in [-0.25, -0.2) is 4.39 Å². The van der Waals surface area contributed by atoms with Crippen molar-refractivity contribution in [2.75, 3.05) is 20.3 Å². The lowest BCUT2D eigenvalue weighted by Gasteiger charge is -2.22. The summed E-state index contributed by atoms with van der Waals surface area (Å²) in [5, 5.41) is 3.44. The predicted octanol–water partition coefficient (Wildman–Crippen LogP) is 3.97. The predicted molar refractivity (Wildman–Crippen MR) is 76.9 cm³/mol. The number of nitrogens with one attached hydrogen (secondary N) is 1. The summed E-state index contributed by atoms with van der Waals surface area (Å²) in [5.41, 5.74) is 0.626. The Balaban J connectivity index is 2.77. The molecule has 0 fully saturated rings. The van der Waals surface area contributed by atoms with E-state index < -0.39 is 0 Å². The minimum Gasteiger partial charge on any atom is -0.383 e. The summed E-state index contributed by atoms with van der Waals surface area (Å²) in [6, 6.07) is 3.69. The fraction of sp³-hybridized carbons (Fsp3) is 0.538. The molecule has 0 radical (unpaired) electrons. The molecule has 0 aliphatic rings. The van der Waals surface area contributed by atoms with Crippen LogP contribution in [-0.2, 0) is 4.74 Å². The zero-order chi connectivity index (χ0) is 13.7. The van der Waals surface area contributed by atoms with Gasteiger partial charge in [-0.15, -0.1) is 0 Å². The molecule has 0 amide bonds. The molecule has 5 heteroatoms. The Hall–Kier alpha value is -0.160. The fourth-order valence-electron chi connectivity index (χ4n) is 1.73. The lowest BCUT2D eigenvalue weighted by Crippen LogP contribution is -2.33. The highest BCUT2D eigenvalue weighted by molar-refractivity contribution is 9.10. The van der Waals surface area contributed by atoms with Crippen molar-refractivity contribution in [3.8, 4) is 0 Å². The van der Waals surface area contributed by atoms with Crippen molar-refractivity contribution in [2.45, 2.75) is 25.8 Å². The molecular formula is C13H18BrClFNO. The first-order valence-corrected chi connectivity index (χ1v) is 7.01. The van der Waals surface area contributed by atoms with E-state index in [-0.39, 0.29) is 22.8 Å². The molecule has 1 aromatic rings. The second-order valence-corrected chi connectivity index (χ2v) is 5.52. The SMILES string of the molecule is COCCNC(C)C(C)c1ccc(Br)c(Cl)c1F. The molecule has 1 aromatic carbocycles. The van der Waals surface area contributed by atoms with Crippen LogP contribution in [0.3, 0.4) is 0 Å². The van der Waals surface area contributed by atoms with E-state index in [1.165, 1.54) is 0 Å². The van der Waals surface area contributed by atoms with E-state index in [1.54, 1.807) is 19.2 Å². The maximum Gasteiger partial charge on any atom is 0.146 e. The molecule has 2 unspecified atom stereocenters. The van der Waals surface area contributed by atoms with Gasteiger partial charge in [-0.05, 0) is 40.4 Å². The van der Waals surface area contributed by atoms with Gasteiger partial charge < -0.3 is 10.1 Å². The number of hydrogen-bond donors (Lipinski definition) is 1. The molecule has 0 saturated heterocycles. The summed E-state index contributed by atoms with van der Waals surface area (Å²) in [6.45, 7) is 5.39. The van der Waals surface area contributed by atoms with Crippen LogP contribution in [0, 0.1) is 5.82 Å². The highest BCUT2D eigenvalue weighted by Crippen LogP contribution is 2.32. The van der Waals surface area contributed by atoms with Gasteiger partial charge in [0.1, 0.15) is 5.82 Å². The lowest BCUT2D eigenvalue weighted by atomic mass is 9.94. The van der Waals surface area contributed by atoms with Gasteiger partial charge in [0.2, 0.25) is 0 Å². The van der Waals surface area contributed by atoms with Gasteiger partial charge in [-0.3, -0.25) is 0 Å². The van der Waals surface area contributed by atoms with Crippen LogP contribution in [0.4, 0.5) is 4.39 Å². The minimum atomic E-state index is -0.348. The van der Waals surface area contributed by atoms with Gasteiger partial charge in [0.15, 0.2) is 0 Å². The Morgan fingerprint density at radius 2 is 2.11 bits per heavy atom. The summed E-state index contributed by atoms with van der Waals surface area (Å²) < 4.78 is 19.6. The Labute approximate surface area is 121 Å². The quantitative estimate of drug-likeness (QED) is 0.626. The Morgan fingerprint density at radius 3 is 2.72 bits per heavy atom. The second-order valence-electron chi connectivity index (χ2n) is 4.29. The second kappa shape index (κ2) is 7.43. The summed E-state index contributed by atoms with van der Waals surface area (Å²) in [7, 11) is 1.66. The molecular weight excluding hydrogens is 321 g/mol. The number of ether oxygens (including phenoxy) is 1. The molecule has 2 nitrogen and oxygen atoms in total. The van der Waals surface area contributed by atoms with Crippen molar-refractivity contribution in [3.63, 3.8) is 0 Å².